The van der Waals surface area contributed by atoms with Crippen LogP contribution in [0.5, 0.6) is 11.5 Å². The summed E-state index contributed by atoms with van der Waals surface area (Å²) in [6.45, 7) is 0. The van der Waals surface area contributed by atoms with Crippen molar-refractivity contribution < 1.29 is 23.7 Å². The smallest absolute Gasteiger partial charge is 0.305 e. The molecule has 2 atom stereocenters. The molecule has 2 heterocycles. The third-order valence-electron chi connectivity index (χ3n) is 5.63. The number of methoxy groups -OCH3 is 3. The fourth-order valence-electron chi connectivity index (χ4n) is 3.93. The number of hydrogen-bond donors (Lipinski definition) is 1. The largest absolute Gasteiger partial charge is 0.493 e. The van der Waals surface area contributed by atoms with E-state index in [9.17, 15) is 4.79 Å². The number of nitrogens with zero attached hydrogens (tertiary/aromatic N) is 1. The molecule has 0 spiro atoms. The summed E-state index contributed by atoms with van der Waals surface area (Å²) >= 11 is 13.6. The standard InChI is InChI=1S/C25H25ClN2O5S2/c1-30-19-6-4-5-16(24(19)32-3)23-17-11-14(26)7-9-18(17)28-25(34)20(33-23)12-21-27-15(13-35-21)8-10-22(29)31-2/h4-7,9,11,13,20,23H,8,10,12H2,1-3H3,(H,28,34). The van der Waals surface area contributed by atoms with Gasteiger partial charge in [0.25, 0.3) is 0 Å². The maximum absolute atomic E-state index is 11.5. The van der Waals surface area contributed by atoms with E-state index in [0.29, 0.717) is 34.4 Å². The van der Waals surface area contributed by atoms with E-state index in [4.69, 9.17) is 42.8 Å². The number of carbonyl (C=O) groups excluding carboxylic acids is 1. The van der Waals surface area contributed by atoms with Gasteiger partial charge in [-0.1, -0.05) is 36.0 Å². The lowest BCUT2D eigenvalue weighted by atomic mass is 9.98. The Kier molecular flexibility index (Phi) is 8.22. The number of thiocarbonyl (C=S) groups is 1. The maximum Gasteiger partial charge on any atom is 0.305 e. The van der Waals surface area contributed by atoms with Gasteiger partial charge in [-0.3, -0.25) is 4.79 Å². The molecule has 0 aliphatic carbocycles. The molecule has 2 aromatic carbocycles. The zero-order valence-electron chi connectivity index (χ0n) is 19.5. The highest BCUT2D eigenvalue weighted by molar-refractivity contribution is 7.80. The quantitative estimate of drug-likeness (QED) is 0.305. The number of hydrogen-bond acceptors (Lipinski definition) is 8. The molecule has 184 valence electrons. The predicted octanol–water partition coefficient (Wildman–Crippen LogP) is 5.39. The van der Waals surface area contributed by atoms with E-state index in [1.807, 2.05) is 41.8 Å². The van der Waals surface area contributed by atoms with Gasteiger partial charge in [-0.15, -0.1) is 11.3 Å². The van der Waals surface area contributed by atoms with Gasteiger partial charge in [-0.05, 0) is 24.3 Å². The number of esters is 1. The SMILES string of the molecule is COC(=O)CCc1csc(CC2OC(c3cccc(OC)c3OC)c3cc(Cl)ccc3NC2=S)n1. The molecule has 1 aliphatic heterocycles. The molecule has 1 N–H and O–H groups in total. The first-order valence-electron chi connectivity index (χ1n) is 10.9. The lowest BCUT2D eigenvalue weighted by Gasteiger charge is -2.24. The third-order valence-corrected chi connectivity index (χ3v) is 7.15. The number of para-hydroxylation sites is 1. The molecule has 2 unspecified atom stereocenters. The summed E-state index contributed by atoms with van der Waals surface area (Å²) in [4.78, 5) is 16.7. The molecule has 1 aromatic heterocycles. The van der Waals surface area contributed by atoms with Gasteiger partial charge < -0.3 is 24.3 Å². The summed E-state index contributed by atoms with van der Waals surface area (Å²) in [5, 5.41) is 6.72. The average molecular weight is 533 g/mol. The Hall–Kier alpha value is -2.72. The number of halogens is 1. The Labute approximate surface area is 218 Å². The monoisotopic (exact) mass is 532 g/mol. The normalized spacial score (nSPS) is 17.2. The van der Waals surface area contributed by atoms with Gasteiger partial charge in [0.05, 0.1) is 38.5 Å². The first-order valence-corrected chi connectivity index (χ1v) is 12.6. The van der Waals surface area contributed by atoms with Crippen molar-refractivity contribution in [2.75, 3.05) is 26.6 Å². The Morgan fingerprint density at radius 1 is 1.20 bits per heavy atom. The van der Waals surface area contributed by atoms with Crippen LogP contribution in [0.1, 0.15) is 34.4 Å². The zero-order valence-corrected chi connectivity index (χ0v) is 21.9. The molecule has 0 saturated carbocycles. The van der Waals surface area contributed by atoms with Crippen LogP contribution in [0.2, 0.25) is 5.02 Å². The summed E-state index contributed by atoms with van der Waals surface area (Å²) in [5.74, 6) is 0.920. The Morgan fingerprint density at radius 3 is 2.77 bits per heavy atom. The minimum atomic E-state index is -0.523. The summed E-state index contributed by atoms with van der Waals surface area (Å²) < 4.78 is 22.6. The molecule has 7 nitrogen and oxygen atoms in total. The Bertz CT molecular complexity index is 1230. The van der Waals surface area contributed by atoms with Crippen LogP contribution in [0.25, 0.3) is 0 Å². The number of anilines is 1. The molecule has 4 rings (SSSR count). The Morgan fingerprint density at radius 2 is 2.03 bits per heavy atom. The van der Waals surface area contributed by atoms with Crippen molar-refractivity contribution >= 4 is 51.8 Å². The fraction of sp³-hybridized carbons (Fsp3) is 0.320. The van der Waals surface area contributed by atoms with Gasteiger partial charge in [0.2, 0.25) is 0 Å². The van der Waals surface area contributed by atoms with E-state index in [1.165, 1.54) is 18.4 Å². The number of ether oxygens (including phenoxy) is 4. The number of benzene rings is 2. The van der Waals surface area contributed by atoms with E-state index in [0.717, 1.165) is 27.5 Å². The van der Waals surface area contributed by atoms with Crippen LogP contribution in [0, 0.1) is 0 Å². The summed E-state index contributed by atoms with van der Waals surface area (Å²) in [6.07, 6.45) is 0.291. The molecule has 0 radical (unpaired) electrons. The lowest BCUT2D eigenvalue weighted by molar-refractivity contribution is -0.140. The molecular formula is C25H25ClN2O5S2. The summed E-state index contributed by atoms with van der Waals surface area (Å²) in [5.41, 5.74) is 3.29. The van der Waals surface area contributed by atoms with Crippen LogP contribution in [-0.4, -0.2) is 43.4 Å². The van der Waals surface area contributed by atoms with Gasteiger partial charge >= 0.3 is 5.97 Å². The highest BCUT2D eigenvalue weighted by Gasteiger charge is 2.33. The maximum atomic E-state index is 11.5. The number of nitrogens with one attached hydrogen (secondary N) is 1. The second kappa shape index (κ2) is 11.3. The minimum absolute atomic E-state index is 0.261. The minimum Gasteiger partial charge on any atom is -0.493 e. The zero-order chi connectivity index (χ0) is 24.9. The molecule has 35 heavy (non-hydrogen) atoms. The van der Waals surface area contributed by atoms with E-state index in [1.54, 1.807) is 14.2 Å². The van der Waals surface area contributed by atoms with Gasteiger partial charge in [0.15, 0.2) is 11.5 Å². The van der Waals surface area contributed by atoms with Crippen molar-refractivity contribution in [3.63, 3.8) is 0 Å². The van der Waals surface area contributed by atoms with Crippen molar-refractivity contribution in [1.29, 1.82) is 0 Å². The van der Waals surface area contributed by atoms with Crippen molar-refractivity contribution in [1.82, 2.24) is 4.98 Å². The van der Waals surface area contributed by atoms with E-state index in [2.05, 4.69) is 10.3 Å². The average Bonchev–Trinajstić information content (AvgIpc) is 3.27. The second-order valence-corrected chi connectivity index (χ2v) is 9.64. The number of carbonyl (C=O) groups is 1. The van der Waals surface area contributed by atoms with Crippen LogP contribution in [0.15, 0.2) is 41.8 Å². The number of thiazole rings is 1. The molecule has 0 saturated heterocycles. The van der Waals surface area contributed by atoms with Crippen molar-refractivity contribution in [2.45, 2.75) is 31.5 Å². The molecule has 1 aliphatic rings. The summed E-state index contributed by atoms with van der Waals surface area (Å²) in [7, 11) is 4.58. The van der Waals surface area contributed by atoms with Gasteiger partial charge in [-0.2, -0.15) is 0 Å². The molecule has 10 heteroatoms. The highest BCUT2D eigenvalue weighted by atomic mass is 35.5. The first-order chi connectivity index (χ1) is 16.9. The predicted molar refractivity (Wildman–Crippen MR) is 140 cm³/mol. The van der Waals surface area contributed by atoms with Gasteiger partial charge in [0.1, 0.15) is 17.2 Å². The number of rotatable bonds is 8. The van der Waals surface area contributed by atoms with Gasteiger partial charge in [0, 0.05) is 40.1 Å². The number of fused-ring (bicyclic) bond motifs is 1. The van der Waals surface area contributed by atoms with Gasteiger partial charge in [-0.25, -0.2) is 4.98 Å². The molecule has 3 aromatic rings. The van der Waals surface area contributed by atoms with Crippen molar-refractivity contribution in [3.05, 3.63) is 68.6 Å². The van der Waals surface area contributed by atoms with Crippen LogP contribution >= 0.6 is 35.2 Å². The third kappa shape index (κ3) is 5.75. The number of aromatic nitrogens is 1. The van der Waals surface area contributed by atoms with Crippen LogP contribution in [0.4, 0.5) is 5.69 Å². The van der Waals surface area contributed by atoms with Crippen LogP contribution in [0.3, 0.4) is 0 Å². The molecule has 0 amide bonds. The van der Waals surface area contributed by atoms with E-state index < -0.39 is 12.2 Å². The molecular weight excluding hydrogens is 508 g/mol. The summed E-state index contributed by atoms with van der Waals surface area (Å²) in [6, 6.07) is 11.2. The molecule has 0 bridgehead atoms. The Balaban J connectivity index is 1.67. The first kappa shape index (κ1) is 25.4. The van der Waals surface area contributed by atoms with Crippen LogP contribution < -0.4 is 14.8 Å². The van der Waals surface area contributed by atoms with Crippen molar-refractivity contribution in [3.8, 4) is 11.5 Å². The highest BCUT2D eigenvalue weighted by Crippen LogP contribution is 2.44. The fourth-order valence-corrected chi connectivity index (χ4v) is 5.21. The topological polar surface area (TPSA) is 78.9 Å². The van der Waals surface area contributed by atoms with E-state index >= 15 is 0 Å². The number of aryl methyl sites for hydroxylation is 1. The second-order valence-electron chi connectivity index (χ2n) is 7.82. The van der Waals surface area contributed by atoms with Crippen molar-refractivity contribution in [2.24, 2.45) is 0 Å². The van der Waals surface area contributed by atoms with Crippen LogP contribution in [-0.2, 0) is 27.1 Å². The van der Waals surface area contributed by atoms with E-state index in [-0.39, 0.29) is 12.4 Å². The molecule has 0 fully saturated rings. The lowest BCUT2D eigenvalue weighted by Crippen LogP contribution is -2.30.